The molecule has 1 aliphatic heterocycles. The monoisotopic (exact) mass is 300 g/mol. The zero-order valence-corrected chi connectivity index (χ0v) is 12.6. The molecule has 1 aliphatic rings. The number of hydrogen-bond donors (Lipinski definition) is 1. The fourth-order valence-electron chi connectivity index (χ4n) is 1.75. The molecule has 0 radical (unpaired) electrons. The van der Waals surface area contributed by atoms with Gasteiger partial charge in [0.1, 0.15) is 11.4 Å². The zero-order valence-electron chi connectivity index (χ0n) is 11.0. The molecule has 1 saturated heterocycles. The van der Waals surface area contributed by atoms with E-state index < -0.39 is 11.5 Å². The molecule has 1 fully saturated rings. The van der Waals surface area contributed by atoms with Crippen LogP contribution in [0.2, 0.25) is 0 Å². The first-order valence-corrected chi connectivity index (χ1v) is 7.96. The molecule has 3 atom stereocenters. The van der Waals surface area contributed by atoms with Crippen molar-refractivity contribution in [2.24, 2.45) is 0 Å². The molecule has 104 valence electrons. The molecule has 0 aliphatic carbocycles. The van der Waals surface area contributed by atoms with E-state index in [9.17, 15) is 9.59 Å². The second kappa shape index (κ2) is 6.00. The second-order valence-corrected chi connectivity index (χ2v) is 7.37. The highest BCUT2D eigenvalue weighted by Gasteiger charge is 2.28. The Labute approximate surface area is 119 Å². The van der Waals surface area contributed by atoms with Crippen LogP contribution in [-0.4, -0.2) is 39.3 Å². The van der Waals surface area contributed by atoms with Gasteiger partial charge in [-0.05, 0) is 0 Å². The summed E-state index contributed by atoms with van der Waals surface area (Å²) in [6, 6.07) is 0. The summed E-state index contributed by atoms with van der Waals surface area (Å²) in [4.78, 5) is 30.0. The summed E-state index contributed by atoms with van der Waals surface area (Å²) >= 11 is 3.68. The SMILES string of the molecule is COC(=O)c1cnc(C2CSC(C)C(C)S2)[nH]c1=O. The van der Waals surface area contributed by atoms with Gasteiger partial charge in [-0.25, -0.2) is 9.78 Å². The van der Waals surface area contributed by atoms with Crippen molar-refractivity contribution in [1.29, 1.82) is 0 Å². The number of thioether (sulfide) groups is 2. The van der Waals surface area contributed by atoms with Crippen molar-refractivity contribution in [2.45, 2.75) is 29.6 Å². The molecule has 0 amide bonds. The quantitative estimate of drug-likeness (QED) is 0.841. The maximum Gasteiger partial charge on any atom is 0.345 e. The molecule has 0 bridgehead atoms. The molecular weight excluding hydrogens is 284 g/mol. The van der Waals surface area contributed by atoms with Gasteiger partial charge in [0, 0.05) is 22.4 Å². The molecule has 19 heavy (non-hydrogen) atoms. The Morgan fingerprint density at radius 3 is 2.79 bits per heavy atom. The number of aromatic nitrogens is 2. The molecule has 0 aromatic carbocycles. The fourth-order valence-corrected chi connectivity index (χ4v) is 4.63. The van der Waals surface area contributed by atoms with Crippen LogP contribution in [0.5, 0.6) is 0 Å². The minimum Gasteiger partial charge on any atom is -0.465 e. The molecule has 3 unspecified atom stereocenters. The van der Waals surface area contributed by atoms with Crippen molar-refractivity contribution in [3.8, 4) is 0 Å². The van der Waals surface area contributed by atoms with Crippen molar-refractivity contribution in [1.82, 2.24) is 9.97 Å². The molecule has 0 saturated carbocycles. The van der Waals surface area contributed by atoms with Crippen LogP contribution in [0, 0.1) is 0 Å². The van der Waals surface area contributed by atoms with Crippen molar-refractivity contribution < 1.29 is 9.53 Å². The van der Waals surface area contributed by atoms with E-state index >= 15 is 0 Å². The Balaban J connectivity index is 2.21. The van der Waals surface area contributed by atoms with Crippen LogP contribution in [0.15, 0.2) is 11.0 Å². The van der Waals surface area contributed by atoms with Gasteiger partial charge in [0.15, 0.2) is 0 Å². The van der Waals surface area contributed by atoms with Gasteiger partial charge in [-0.3, -0.25) is 4.79 Å². The summed E-state index contributed by atoms with van der Waals surface area (Å²) < 4.78 is 4.53. The normalized spacial score (nSPS) is 27.0. The first-order valence-electron chi connectivity index (χ1n) is 5.97. The van der Waals surface area contributed by atoms with Gasteiger partial charge < -0.3 is 9.72 Å². The van der Waals surface area contributed by atoms with Gasteiger partial charge in [-0.1, -0.05) is 13.8 Å². The van der Waals surface area contributed by atoms with E-state index in [1.54, 1.807) is 11.8 Å². The number of ether oxygens (including phenoxy) is 1. The predicted molar refractivity (Wildman–Crippen MR) is 77.9 cm³/mol. The number of hydrogen-bond acceptors (Lipinski definition) is 6. The number of nitrogens with one attached hydrogen (secondary N) is 1. The van der Waals surface area contributed by atoms with Gasteiger partial charge in [-0.2, -0.15) is 11.8 Å². The third kappa shape index (κ3) is 3.14. The summed E-state index contributed by atoms with van der Waals surface area (Å²) in [5, 5.41) is 1.27. The van der Waals surface area contributed by atoms with Crippen molar-refractivity contribution >= 4 is 29.5 Å². The molecule has 2 heterocycles. The number of carbonyl (C=O) groups is 1. The maximum atomic E-state index is 11.8. The number of esters is 1. The Kier molecular flexibility index (Phi) is 4.57. The Bertz CT molecular complexity index is 532. The van der Waals surface area contributed by atoms with E-state index in [1.807, 2.05) is 11.8 Å². The first-order chi connectivity index (χ1) is 9.02. The number of rotatable bonds is 2. The van der Waals surface area contributed by atoms with Crippen LogP contribution >= 0.6 is 23.5 Å². The maximum absolute atomic E-state index is 11.8. The lowest BCUT2D eigenvalue weighted by Crippen LogP contribution is -2.26. The summed E-state index contributed by atoms with van der Waals surface area (Å²) in [6.45, 7) is 4.38. The molecule has 5 nitrogen and oxygen atoms in total. The summed E-state index contributed by atoms with van der Waals surface area (Å²) in [5.41, 5.74) is -0.491. The fraction of sp³-hybridized carbons (Fsp3) is 0.583. The number of aromatic amines is 1. The van der Waals surface area contributed by atoms with E-state index in [0.717, 1.165) is 5.75 Å². The molecule has 7 heteroatoms. The topological polar surface area (TPSA) is 72.0 Å². The lowest BCUT2D eigenvalue weighted by atomic mass is 10.3. The lowest BCUT2D eigenvalue weighted by Gasteiger charge is -2.30. The van der Waals surface area contributed by atoms with Gasteiger partial charge in [0.05, 0.1) is 12.4 Å². The third-order valence-corrected chi connectivity index (χ3v) is 6.48. The summed E-state index contributed by atoms with van der Waals surface area (Å²) in [7, 11) is 1.24. The zero-order chi connectivity index (χ0) is 14.0. The smallest absolute Gasteiger partial charge is 0.345 e. The van der Waals surface area contributed by atoms with Crippen LogP contribution in [-0.2, 0) is 4.74 Å². The van der Waals surface area contributed by atoms with Crippen LogP contribution < -0.4 is 5.56 Å². The van der Waals surface area contributed by atoms with Crippen LogP contribution in [0.4, 0.5) is 0 Å². The Morgan fingerprint density at radius 1 is 1.47 bits per heavy atom. The number of nitrogens with zero attached hydrogens (tertiary/aromatic N) is 1. The van der Waals surface area contributed by atoms with E-state index in [1.165, 1.54) is 13.3 Å². The summed E-state index contributed by atoms with van der Waals surface area (Å²) in [6.07, 6.45) is 1.30. The standard InChI is InChI=1S/C12H16N2O3S2/c1-6-7(2)19-9(5-18-6)10-13-4-8(11(15)14-10)12(16)17-3/h4,6-7,9H,5H2,1-3H3,(H,13,14,15). The number of H-pyrrole nitrogens is 1. The molecule has 1 aromatic heterocycles. The largest absolute Gasteiger partial charge is 0.465 e. The summed E-state index contributed by atoms with van der Waals surface area (Å²) in [5.74, 6) is 0.887. The van der Waals surface area contributed by atoms with Gasteiger partial charge in [0.25, 0.3) is 5.56 Å². The average Bonchev–Trinajstić information content (AvgIpc) is 2.41. The highest BCUT2D eigenvalue weighted by atomic mass is 32.2. The molecule has 1 N–H and O–H groups in total. The highest BCUT2D eigenvalue weighted by Crippen LogP contribution is 2.42. The minimum absolute atomic E-state index is 0.0545. The van der Waals surface area contributed by atoms with E-state index in [4.69, 9.17) is 0 Å². The lowest BCUT2D eigenvalue weighted by molar-refractivity contribution is 0.0598. The van der Waals surface area contributed by atoms with E-state index in [2.05, 4.69) is 28.6 Å². The predicted octanol–water partition coefficient (Wildman–Crippen LogP) is 1.85. The molecule has 2 rings (SSSR count). The van der Waals surface area contributed by atoms with Crippen molar-refractivity contribution in [3.05, 3.63) is 27.9 Å². The Morgan fingerprint density at radius 2 is 2.21 bits per heavy atom. The molecular formula is C12H16N2O3S2. The van der Waals surface area contributed by atoms with E-state index in [0.29, 0.717) is 16.3 Å². The average molecular weight is 300 g/mol. The highest BCUT2D eigenvalue weighted by molar-refractivity contribution is 8.07. The molecule has 1 aromatic rings. The number of carbonyl (C=O) groups excluding carboxylic acids is 1. The molecule has 0 spiro atoms. The minimum atomic E-state index is -0.659. The van der Waals surface area contributed by atoms with Crippen molar-refractivity contribution in [3.63, 3.8) is 0 Å². The number of methoxy groups -OCH3 is 1. The third-order valence-electron chi connectivity index (χ3n) is 3.08. The van der Waals surface area contributed by atoms with Crippen LogP contribution in [0.1, 0.15) is 35.3 Å². The van der Waals surface area contributed by atoms with Gasteiger partial charge in [0.2, 0.25) is 0 Å². The second-order valence-electron chi connectivity index (χ2n) is 4.37. The van der Waals surface area contributed by atoms with Crippen molar-refractivity contribution in [2.75, 3.05) is 12.9 Å². The van der Waals surface area contributed by atoms with Gasteiger partial charge in [-0.15, -0.1) is 11.8 Å². The van der Waals surface area contributed by atoms with E-state index in [-0.39, 0.29) is 10.8 Å². The van der Waals surface area contributed by atoms with Crippen LogP contribution in [0.25, 0.3) is 0 Å². The first kappa shape index (κ1) is 14.5. The van der Waals surface area contributed by atoms with Crippen LogP contribution in [0.3, 0.4) is 0 Å². The van der Waals surface area contributed by atoms with Gasteiger partial charge >= 0.3 is 5.97 Å². The Hall–Kier alpha value is -0.950.